The quantitative estimate of drug-likeness (QED) is 0.800. The van der Waals surface area contributed by atoms with Crippen LogP contribution in [0.25, 0.3) is 5.65 Å². The van der Waals surface area contributed by atoms with Crippen molar-refractivity contribution in [2.24, 2.45) is 0 Å². The second kappa shape index (κ2) is 6.41. The van der Waals surface area contributed by atoms with Gasteiger partial charge in [-0.25, -0.2) is 4.98 Å². The minimum atomic E-state index is -0.0898. The largest absolute Gasteiger partial charge is 0.374 e. The lowest BCUT2D eigenvalue weighted by molar-refractivity contribution is 0.0425. The Morgan fingerprint density at radius 3 is 3.27 bits per heavy atom. The SMILES string of the molecule is N#C/C=C/CC1CN(c2cc(=O)n3ccccc3n2)CCO1. The molecule has 112 valence electrons. The molecule has 1 aliphatic heterocycles. The Hall–Kier alpha value is -2.65. The highest BCUT2D eigenvalue weighted by Crippen LogP contribution is 2.16. The third kappa shape index (κ3) is 3.00. The fourth-order valence-electron chi connectivity index (χ4n) is 2.55. The first kappa shape index (κ1) is 14.3. The lowest BCUT2D eigenvalue weighted by atomic mass is 10.2. The molecule has 1 saturated heterocycles. The number of pyridine rings is 1. The lowest BCUT2D eigenvalue weighted by Gasteiger charge is -2.33. The molecule has 0 saturated carbocycles. The van der Waals surface area contributed by atoms with Gasteiger partial charge in [0.15, 0.2) is 0 Å². The van der Waals surface area contributed by atoms with Crippen LogP contribution in [0.1, 0.15) is 6.42 Å². The van der Waals surface area contributed by atoms with Crippen molar-refractivity contribution in [1.82, 2.24) is 9.38 Å². The van der Waals surface area contributed by atoms with Gasteiger partial charge < -0.3 is 9.64 Å². The summed E-state index contributed by atoms with van der Waals surface area (Å²) in [5, 5.41) is 8.52. The van der Waals surface area contributed by atoms with Gasteiger partial charge in [-0.3, -0.25) is 9.20 Å². The van der Waals surface area contributed by atoms with Crippen LogP contribution in [-0.2, 0) is 4.74 Å². The molecular weight excluding hydrogens is 280 g/mol. The van der Waals surface area contributed by atoms with Gasteiger partial charge >= 0.3 is 0 Å². The van der Waals surface area contributed by atoms with Gasteiger partial charge in [0.05, 0.1) is 18.8 Å². The molecule has 1 aliphatic rings. The molecule has 0 amide bonds. The van der Waals surface area contributed by atoms with E-state index in [0.29, 0.717) is 37.6 Å². The number of morpholine rings is 1. The Morgan fingerprint density at radius 1 is 1.50 bits per heavy atom. The Balaban J connectivity index is 1.83. The van der Waals surface area contributed by atoms with Crippen molar-refractivity contribution in [2.75, 3.05) is 24.6 Å². The molecule has 2 aromatic rings. The summed E-state index contributed by atoms with van der Waals surface area (Å²) in [6, 6.07) is 9.01. The molecule has 0 spiro atoms. The van der Waals surface area contributed by atoms with E-state index in [-0.39, 0.29) is 11.7 Å². The normalized spacial score (nSPS) is 18.7. The number of nitriles is 1. The van der Waals surface area contributed by atoms with Gasteiger partial charge in [-0.05, 0) is 18.6 Å². The van der Waals surface area contributed by atoms with Gasteiger partial charge in [0.2, 0.25) is 0 Å². The van der Waals surface area contributed by atoms with Gasteiger partial charge in [0, 0.05) is 31.4 Å². The van der Waals surface area contributed by atoms with Crippen molar-refractivity contribution in [1.29, 1.82) is 5.26 Å². The van der Waals surface area contributed by atoms with E-state index in [1.54, 1.807) is 18.3 Å². The first-order chi connectivity index (χ1) is 10.8. The number of nitrogens with zero attached hydrogens (tertiary/aromatic N) is 4. The summed E-state index contributed by atoms with van der Waals surface area (Å²) in [5.74, 6) is 0.675. The van der Waals surface area contributed by atoms with E-state index < -0.39 is 0 Å². The number of rotatable bonds is 3. The summed E-state index contributed by atoms with van der Waals surface area (Å²) in [5.41, 5.74) is 0.547. The van der Waals surface area contributed by atoms with Crippen LogP contribution in [0.4, 0.5) is 5.82 Å². The molecule has 3 rings (SSSR count). The van der Waals surface area contributed by atoms with E-state index in [2.05, 4.69) is 9.88 Å². The van der Waals surface area contributed by atoms with Crippen LogP contribution < -0.4 is 10.5 Å². The molecule has 1 atom stereocenters. The summed E-state index contributed by atoms with van der Waals surface area (Å²) >= 11 is 0. The molecule has 3 heterocycles. The molecule has 1 unspecified atom stereocenters. The lowest BCUT2D eigenvalue weighted by Crippen LogP contribution is -2.43. The summed E-state index contributed by atoms with van der Waals surface area (Å²) in [6.07, 6.45) is 5.66. The fraction of sp³-hybridized carbons (Fsp3) is 0.312. The van der Waals surface area contributed by atoms with Crippen LogP contribution in [0.2, 0.25) is 0 Å². The molecule has 22 heavy (non-hydrogen) atoms. The molecule has 0 aliphatic carbocycles. The van der Waals surface area contributed by atoms with E-state index in [0.717, 1.165) is 0 Å². The van der Waals surface area contributed by atoms with Crippen molar-refractivity contribution in [2.45, 2.75) is 12.5 Å². The van der Waals surface area contributed by atoms with Crippen LogP contribution in [0.15, 0.2) is 47.4 Å². The highest BCUT2D eigenvalue weighted by molar-refractivity contribution is 5.48. The Morgan fingerprint density at radius 2 is 2.41 bits per heavy atom. The highest BCUT2D eigenvalue weighted by Gasteiger charge is 2.21. The topological polar surface area (TPSA) is 70.6 Å². The highest BCUT2D eigenvalue weighted by atomic mass is 16.5. The minimum Gasteiger partial charge on any atom is -0.374 e. The van der Waals surface area contributed by atoms with E-state index in [9.17, 15) is 4.79 Å². The first-order valence-corrected chi connectivity index (χ1v) is 7.17. The molecule has 2 aromatic heterocycles. The van der Waals surface area contributed by atoms with Gasteiger partial charge in [-0.1, -0.05) is 12.1 Å². The zero-order chi connectivity index (χ0) is 15.4. The number of ether oxygens (including phenoxy) is 1. The molecule has 0 N–H and O–H groups in total. The molecule has 0 aromatic carbocycles. The maximum Gasteiger partial charge on any atom is 0.259 e. The standard InChI is InChI=1S/C16H16N4O2/c17-7-3-1-5-13-12-19(9-10-22-13)15-11-16(21)20-8-4-2-6-14(20)18-15/h1-4,6,8,11,13H,5,9-10,12H2/b3-1+. The van der Waals surface area contributed by atoms with Gasteiger partial charge in [0.25, 0.3) is 5.56 Å². The van der Waals surface area contributed by atoms with Crippen LogP contribution >= 0.6 is 0 Å². The van der Waals surface area contributed by atoms with Crippen molar-refractivity contribution in [3.63, 3.8) is 0 Å². The summed E-state index contributed by atoms with van der Waals surface area (Å²) in [7, 11) is 0. The summed E-state index contributed by atoms with van der Waals surface area (Å²) in [4.78, 5) is 18.8. The van der Waals surface area contributed by atoms with Crippen molar-refractivity contribution in [3.8, 4) is 6.07 Å². The number of hydrogen-bond acceptors (Lipinski definition) is 5. The van der Waals surface area contributed by atoms with Crippen molar-refractivity contribution in [3.05, 3.63) is 53.0 Å². The van der Waals surface area contributed by atoms with Crippen LogP contribution in [0.5, 0.6) is 0 Å². The Labute approximate surface area is 127 Å². The molecule has 0 radical (unpaired) electrons. The van der Waals surface area contributed by atoms with Crippen LogP contribution in [0.3, 0.4) is 0 Å². The van der Waals surface area contributed by atoms with Crippen LogP contribution in [-0.4, -0.2) is 35.2 Å². The van der Waals surface area contributed by atoms with Gasteiger partial charge in [-0.2, -0.15) is 5.26 Å². The molecule has 1 fully saturated rings. The van der Waals surface area contributed by atoms with Crippen LogP contribution in [0, 0.1) is 11.3 Å². The fourth-order valence-corrected chi connectivity index (χ4v) is 2.55. The van der Waals surface area contributed by atoms with Gasteiger partial charge in [0.1, 0.15) is 11.5 Å². The third-order valence-corrected chi connectivity index (χ3v) is 3.61. The number of aromatic nitrogens is 2. The van der Waals surface area contributed by atoms with Crippen molar-refractivity contribution < 1.29 is 4.74 Å². The van der Waals surface area contributed by atoms with E-state index in [1.807, 2.05) is 24.3 Å². The average molecular weight is 296 g/mol. The number of hydrogen-bond donors (Lipinski definition) is 0. The summed E-state index contributed by atoms with van der Waals surface area (Å²) in [6.45, 7) is 1.94. The molecular formula is C16H16N4O2. The minimum absolute atomic E-state index is 0.00868. The Kier molecular flexibility index (Phi) is 4.17. The Bertz CT molecular complexity index is 791. The first-order valence-electron chi connectivity index (χ1n) is 7.17. The molecule has 6 nitrogen and oxygen atoms in total. The van der Waals surface area contributed by atoms with Crippen molar-refractivity contribution >= 4 is 11.5 Å². The maximum absolute atomic E-state index is 12.2. The van der Waals surface area contributed by atoms with E-state index >= 15 is 0 Å². The zero-order valence-corrected chi connectivity index (χ0v) is 12.1. The predicted octanol–water partition coefficient (Wildman–Crippen LogP) is 1.37. The average Bonchev–Trinajstić information content (AvgIpc) is 2.55. The number of fused-ring (bicyclic) bond motifs is 1. The zero-order valence-electron chi connectivity index (χ0n) is 12.1. The van der Waals surface area contributed by atoms with Gasteiger partial charge in [-0.15, -0.1) is 0 Å². The monoisotopic (exact) mass is 296 g/mol. The second-order valence-corrected chi connectivity index (χ2v) is 5.09. The second-order valence-electron chi connectivity index (χ2n) is 5.09. The third-order valence-electron chi connectivity index (χ3n) is 3.61. The number of anilines is 1. The molecule has 6 heteroatoms. The number of allylic oxidation sites excluding steroid dienone is 1. The van der Waals surface area contributed by atoms with E-state index in [4.69, 9.17) is 10.00 Å². The van der Waals surface area contributed by atoms with E-state index in [1.165, 1.54) is 10.5 Å². The smallest absolute Gasteiger partial charge is 0.259 e. The molecule has 0 bridgehead atoms. The summed E-state index contributed by atoms with van der Waals surface area (Å²) < 4.78 is 7.21. The maximum atomic E-state index is 12.2. The predicted molar refractivity (Wildman–Crippen MR) is 82.8 cm³/mol.